The normalized spacial score (nSPS) is 10.3. The Balaban J connectivity index is 3.14. The van der Waals surface area contributed by atoms with Gasteiger partial charge >= 0.3 is 0 Å². The molecule has 17 heavy (non-hydrogen) atoms. The molecule has 0 unspecified atom stereocenters. The molecule has 0 fully saturated rings. The van der Waals surface area contributed by atoms with Crippen molar-refractivity contribution >= 4 is 11.7 Å². The van der Waals surface area contributed by atoms with E-state index in [0.717, 1.165) is 18.7 Å². The lowest BCUT2D eigenvalue weighted by atomic mass is 10.2. The highest BCUT2D eigenvalue weighted by Crippen LogP contribution is 2.18. The van der Waals surface area contributed by atoms with E-state index >= 15 is 0 Å². The Hall–Kier alpha value is -1.62. The summed E-state index contributed by atoms with van der Waals surface area (Å²) in [5, 5.41) is 16.6. The van der Waals surface area contributed by atoms with E-state index in [1.807, 2.05) is 17.9 Å². The number of nitrogens with two attached hydrogens (primary N) is 1. The van der Waals surface area contributed by atoms with Crippen LogP contribution in [0, 0.1) is 12.3 Å². The van der Waals surface area contributed by atoms with Gasteiger partial charge < -0.3 is 15.7 Å². The molecular weight excluding hydrogens is 216 g/mol. The van der Waals surface area contributed by atoms with E-state index < -0.39 is 0 Å². The second-order valence-corrected chi connectivity index (χ2v) is 3.95. The lowest BCUT2D eigenvalue weighted by Gasteiger charge is -2.24. The molecule has 5 nitrogen and oxygen atoms in total. The average molecular weight is 236 g/mol. The van der Waals surface area contributed by atoms with E-state index in [1.165, 1.54) is 0 Å². The number of hydrogen-bond acceptors (Lipinski definition) is 4. The van der Waals surface area contributed by atoms with Crippen LogP contribution in [0.25, 0.3) is 0 Å². The van der Waals surface area contributed by atoms with Crippen LogP contribution in [-0.4, -0.2) is 35.6 Å². The van der Waals surface area contributed by atoms with Gasteiger partial charge in [-0.05, 0) is 25.5 Å². The summed E-state index contributed by atoms with van der Waals surface area (Å²) in [6.45, 7) is 5.32. The van der Waals surface area contributed by atoms with E-state index in [2.05, 4.69) is 11.9 Å². The van der Waals surface area contributed by atoms with Crippen molar-refractivity contribution in [1.82, 2.24) is 4.98 Å². The number of nitrogen functional groups attached to an aromatic ring is 1. The molecule has 0 amide bonds. The number of nitrogens with one attached hydrogen (secondary N) is 1. The quantitative estimate of drug-likeness (QED) is 0.505. The average Bonchev–Trinajstić information content (AvgIpc) is 2.28. The third-order valence-electron chi connectivity index (χ3n) is 2.47. The number of aromatic nitrogens is 1. The summed E-state index contributed by atoms with van der Waals surface area (Å²) < 4.78 is 0. The number of rotatable bonds is 6. The number of nitrogens with zero attached hydrogens (tertiary/aromatic N) is 2. The minimum absolute atomic E-state index is 0.00606. The predicted molar refractivity (Wildman–Crippen MR) is 69.6 cm³/mol. The Labute approximate surface area is 102 Å². The zero-order chi connectivity index (χ0) is 12.8. The van der Waals surface area contributed by atoms with Gasteiger partial charge in [-0.2, -0.15) is 0 Å². The van der Waals surface area contributed by atoms with Crippen LogP contribution in [-0.2, 0) is 0 Å². The third kappa shape index (κ3) is 3.42. The summed E-state index contributed by atoms with van der Waals surface area (Å²) in [6.07, 6.45) is 0.951. The number of amidine groups is 1. The second-order valence-electron chi connectivity index (χ2n) is 3.95. The number of aryl methyl sites for hydroxylation is 1. The van der Waals surface area contributed by atoms with Crippen molar-refractivity contribution in [3.05, 3.63) is 23.4 Å². The molecule has 0 saturated carbocycles. The smallest absolute Gasteiger partial charge is 0.139 e. The predicted octanol–water partition coefficient (Wildman–Crippen LogP) is 0.883. The molecule has 0 aliphatic rings. The molecular formula is C12H20N4O. The minimum Gasteiger partial charge on any atom is -0.395 e. The fraction of sp³-hybridized carbons (Fsp3) is 0.500. The topological polar surface area (TPSA) is 86.2 Å². The number of aliphatic hydroxyl groups excluding tert-OH is 1. The van der Waals surface area contributed by atoms with Gasteiger partial charge in [0.05, 0.1) is 12.2 Å². The summed E-state index contributed by atoms with van der Waals surface area (Å²) in [4.78, 5) is 6.39. The summed E-state index contributed by atoms with van der Waals surface area (Å²) >= 11 is 0. The van der Waals surface area contributed by atoms with E-state index in [1.54, 1.807) is 6.07 Å². The van der Waals surface area contributed by atoms with Crippen LogP contribution in [0.1, 0.15) is 24.6 Å². The lowest BCUT2D eigenvalue weighted by molar-refractivity contribution is 0.301. The Bertz CT molecular complexity index is 386. The molecule has 0 radical (unpaired) electrons. The molecule has 0 aliphatic heterocycles. The van der Waals surface area contributed by atoms with Gasteiger partial charge in [0.25, 0.3) is 0 Å². The largest absolute Gasteiger partial charge is 0.395 e. The molecule has 94 valence electrons. The van der Waals surface area contributed by atoms with Crippen molar-refractivity contribution in [2.75, 3.05) is 24.6 Å². The fourth-order valence-electron chi connectivity index (χ4n) is 1.71. The van der Waals surface area contributed by atoms with Crippen molar-refractivity contribution in [3.63, 3.8) is 0 Å². The molecule has 0 aromatic carbocycles. The molecule has 1 aromatic heterocycles. The zero-order valence-electron chi connectivity index (χ0n) is 10.4. The van der Waals surface area contributed by atoms with Gasteiger partial charge in [0, 0.05) is 18.8 Å². The highest BCUT2D eigenvalue weighted by atomic mass is 16.3. The SMILES string of the molecule is CCCN(CCO)c1nc(C)ccc1C(=N)N. The van der Waals surface area contributed by atoms with Crippen LogP contribution in [0.15, 0.2) is 12.1 Å². The van der Waals surface area contributed by atoms with Gasteiger partial charge in [-0.1, -0.05) is 6.92 Å². The highest BCUT2D eigenvalue weighted by molar-refractivity contribution is 5.99. The number of pyridine rings is 1. The first-order valence-electron chi connectivity index (χ1n) is 5.78. The van der Waals surface area contributed by atoms with Crippen molar-refractivity contribution in [2.24, 2.45) is 5.73 Å². The van der Waals surface area contributed by atoms with E-state index in [0.29, 0.717) is 17.9 Å². The Kier molecular flexibility index (Phi) is 4.90. The van der Waals surface area contributed by atoms with Gasteiger partial charge in [-0.3, -0.25) is 5.41 Å². The third-order valence-corrected chi connectivity index (χ3v) is 2.47. The van der Waals surface area contributed by atoms with E-state index in [4.69, 9.17) is 16.2 Å². The molecule has 1 rings (SSSR count). The molecule has 4 N–H and O–H groups in total. The summed E-state index contributed by atoms with van der Waals surface area (Å²) in [7, 11) is 0. The maximum atomic E-state index is 9.07. The minimum atomic E-state index is 0.00606. The Morgan fingerprint density at radius 1 is 1.47 bits per heavy atom. The molecule has 1 heterocycles. The first kappa shape index (κ1) is 13.4. The van der Waals surface area contributed by atoms with Gasteiger partial charge in [0.15, 0.2) is 0 Å². The second kappa shape index (κ2) is 6.20. The van der Waals surface area contributed by atoms with Gasteiger partial charge in [-0.25, -0.2) is 4.98 Å². The van der Waals surface area contributed by atoms with Crippen LogP contribution in [0.2, 0.25) is 0 Å². The van der Waals surface area contributed by atoms with Gasteiger partial charge in [0.1, 0.15) is 11.7 Å². The maximum absolute atomic E-state index is 9.07. The highest BCUT2D eigenvalue weighted by Gasteiger charge is 2.14. The van der Waals surface area contributed by atoms with Crippen LogP contribution in [0.3, 0.4) is 0 Å². The van der Waals surface area contributed by atoms with Gasteiger partial charge in [0.2, 0.25) is 0 Å². The van der Waals surface area contributed by atoms with Gasteiger partial charge in [-0.15, -0.1) is 0 Å². The fourth-order valence-corrected chi connectivity index (χ4v) is 1.71. The molecule has 1 aromatic rings. The molecule has 0 atom stereocenters. The van der Waals surface area contributed by atoms with E-state index in [9.17, 15) is 0 Å². The first-order chi connectivity index (χ1) is 8.10. The molecule has 0 saturated heterocycles. The van der Waals surface area contributed by atoms with Crippen LogP contribution in [0.5, 0.6) is 0 Å². The maximum Gasteiger partial charge on any atom is 0.139 e. The van der Waals surface area contributed by atoms with Crippen molar-refractivity contribution in [2.45, 2.75) is 20.3 Å². The van der Waals surface area contributed by atoms with Crippen LogP contribution in [0.4, 0.5) is 5.82 Å². The monoisotopic (exact) mass is 236 g/mol. The number of anilines is 1. The van der Waals surface area contributed by atoms with Crippen molar-refractivity contribution in [1.29, 1.82) is 5.41 Å². The van der Waals surface area contributed by atoms with Crippen LogP contribution < -0.4 is 10.6 Å². The summed E-state index contributed by atoms with van der Waals surface area (Å²) in [6, 6.07) is 3.64. The van der Waals surface area contributed by atoms with E-state index in [-0.39, 0.29) is 12.4 Å². The zero-order valence-corrected chi connectivity index (χ0v) is 10.4. The molecule has 0 spiro atoms. The lowest BCUT2D eigenvalue weighted by Crippen LogP contribution is -2.31. The molecule has 0 aliphatic carbocycles. The van der Waals surface area contributed by atoms with Crippen molar-refractivity contribution < 1.29 is 5.11 Å². The Morgan fingerprint density at radius 3 is 2.71 bits per heavy atom. The molecule has 5 heteroatoms. The first-order valence-corrected chi connectivity index (χ1v) is 5.78. The molecule has 0 bridgehead atoms. The van der Waals surface area contributed by atoms with Crippen LogP contribution >= 0.6 is 0 Å². The standard InChI is InChI=1S/C12H20N4O/c1-3-6-16(7-8-17)12-10(11(13)14)5-4-9(2)15-12/h4-5,17H,3,6-8H2,1-2H3,(H3,13,14). The van der Waals surface area contributed by atoms with Crippen molar-refractivity contribution in [3.8, 4) is 0 Å². The number of aliphatic hydroxyl groups is 1. The number of hydrogen-bond donors (Lipinski definition) is 3. The Morgan fingerprint density at radius 2 is 2.18 bits per heavy atom. The summed E-state index contributed by atoms with van der Waals surface area (Å²) in [5.74, 6) is 0.694. The summed E-state index contributed by atoms with van der Waals surface area (Å²) in [5.41, 5.74) is 7.05.